The molecule has 148 valence electrons. The lowest BCUT2D eigenvalue weighted by Crippen LogP contribution is -2.43. The van der Waals surface area contributed by atoms with E-state index < -0.39 is 6.04 Å². The Balaban J connectivity index is 1.78. The van der Waals surface area contributed by atoms with Crippen molar-refractivity contribution >= 4 is 40.7 Å². The van der Waals surface area contributed by atoms with E-state index in [-0.39, 0.29) is 11.8 Å². The fourth-order valence-corrected chi connectivity index (χ4v) is 3.49. The fourth-order valence-electron chi connectivity index (χ4n) is 3.20. The van der Waals surface area contributed by atoms with Crippen molar-refractivity contribution in [3.05, 3.63) is 52.0 Å². The summed E-state index contributed by atoms with van der Waals surface area (Å²) >= 11 is 11.9. The number of nitrogens with one attached hydrogen (secondary N) is 1. The molecule has 0 bridgehead atoms. The molecule has 2 amide bonds. The number of rotatable bonds is 5. The average Bonchev–Trinajstić information content (AvgIpc) is 3.19. The summed E-state index contributed by atoms with van der Waals surface area (Å²) in [6.07, 6.45) is 1.32. The summed E-state index contributed by atoms with van der Waals surface area (Å²) in [6, 6.07) is 9.24. The van der Waals surface area contributed by atoms with E-state index in [2.05, 4.69) is 5.32 Å². The third-order valence-corrected chi connectivity index (χ3v) is 5.39. The van der Waals surface area contributed by atoms with Gasteiger partial charge in [0, 0.05) is 18.2 Å². The third-order valence-electron chi connectivity index (χ3n) is 4.65. The van der Waals surface area contributed by atoms with Crippen molar-refractivity contribution in [2.24, 2.45) is 0 Å². The second-order valence-electron chi connectivity index (χ2n) is 6.34. The Hall–Kier alpha value is -2.44. The second-order valence-corrected chi connectivity index (χ2v) is 7.16. The number of anilines is 1. The summed E-state index contributed by atoms with van der Waals surface area (Å²) in [5.41, 5.74) is 0.915. The zero-order chi connectivity index (χ0) is 20.3. The van der Waals surface area contributed by atoms with Gasteiger partial charge in [-0.1, -0.05) is 23.2 Å². The van der Waals surface area contributed by atoms with E-state index in [0.717, 1.165) is 6.42 Å². The third kappa shape index (κ3) is 4.18. The Morgan fingerprint density at radius 1 is 1.07 bits per heavy atom. The Morgan fingerprint density at radius 2 is 1.86 bits per heavy atom. The van der Waals surface area contributed by atoms with E-state index in [1.807, 2.05) is 0 Å². The highest BCUT2D eigenvalue weighted by atomic mass is 35.5. The minimum Gasteiger partial charge on any atom is -0.497 e. The molecule has 0 saturated carbocycles. The van der Waals surface area contributed by atoms with E-state index in [1.54, 1.807) is 42.3 Å². The molecule has 3 rings (SSSR count). The first-order valence-corrected chi connectivity index (χ1v) is 9.49. The topological polar surface area (TPSA) is 67.9 Å². The first kappa shape index (κ1) is 20.3. The molecular weight excluding hydrogens is 403 g/mol. The normalized spacial score (nSPS) is 16.0. The van der Waals surface area contributed by atoms with Gasteiger partial charge in [0.05, 0.1) is 30.0 Å². The highest BCUT2D eigenvalue weighted by molar-refractivity contribution is 6.42. The molecule has 0 aliphatic carbocycles. The lowest BCUT2D eigenvalue weighted by molar-refractivity contribution is -0.119. The van der Waals surface area contributed by atoms with Crippen molar-refractivity contribution in [2.75, 3.05) is 26.1 Å². The van der Waals surface area contributed by atoms with Crippen LogP contribution in [0, 0.1) is 0 Å². The minimum atomic E-state index is -0.575. The number of ether oxygens (including phenoxy) is 2. The first-order chi connectivity index (χ1) is 13.4. The largest absolute Gasteiger partial charge is 0.497 e. The van der Waals surface area contributed by atoms with Crippen molar-refractivity contribution in [1.29, 1.82) is 0 Å². The van der Waals surface area contributed by atoms with E-state index in [0.29, 0.717) is 45.8 Å². The monoisotopic (exact) mass is 422 g/mol. The maximum atomic E-state index is 12.9. The minimum absolute atomic E-state index is 0.252. The standard InChI is InChI=1S/C20H20Cl2N2O4/c1-27-13-6-8-16(18(11-13)28-2)23-19(25)17-4-3-9-24(17)20(26)12-5-7-14(21)15(22)10-12/h5-8,10-11,17H,3-4,9H2,1-2H3,(H,23,25). The van der Waals surface area contributed by atoms with Crippen LogP contribution in [-0.4, -0.2) is 43.5 Å². The molecule has 0 radical (unpaired) electrons. The van der Waals surface area contributed by atoms with E-state index in [9.17, 15) is 9.59 Å². The van der Waals surface area contributed by atoms with Gasteiger partial charge in [0.25, 0.3) is 5.91 Å². The van der Waals surface area contributed by atoms with Gasteiger partial charge in [0.15, 0.2) is 0 Å². The maximum Gasteiger partial charge on any atom is 0.254 e. The number of carbonyl (C=O) groups is 2. The molecule has 6 nitrogen and oxygen atoms in total. The van der Waals surface area contributed by atoms with Gasteiger partial charge in [-0.05, 0) is 43.2 Å². The molecule has 2 aromatic carbocycles. The quantitative estimate of drug-likeness (QED) is 0.781. The van der Waals surface area contributed by atoms with Crippen LogP contribution in [0.3, 0.4) is 0 Å². The van der Waals surface area contributed by atoms with Gasteiger partial charge in [-0.15, -0.1) is 0 Å². The molecular formula is C20H20Cl2N2O4. The van der Waals surface area contributed by atoms with Crippen LogP contribution in [0.15, 0.2) is 36.4 Å². The SMILES string of the molecule is COc1ccc(NC(=O)C2CCCN2C(=O)c2ccc(Cl)c(Cl)c2)c(OC)c1. The van der Waals surface area contributed by atoms with Gasteiger partial charge in [-0.2, -0.15) is 0 Å². The number of halogens is 2. The molecule has 2 aromatic rings. The van der Waals surface area contributed by atoms with Crippen molar-refractivity contribution in [3.63, 3.8) is 0 Å². The highest BCUT2D eigenvalue weighted by Crippen LogP contribution is 2.31. The van der Waals surface area contributed by atoms with Crippen LogP contribution < -0.4 is 14.8 Å². The Bertz CT molecular complexity index is 904. The molecule has 1 aliphatic rings. The van der Waals surface area contributed by atoms with Crippen LogP contribution in [0.1, 0.15) is 23.2 Å². The van der Waals surface area contributed by atoms with Crippen LogP contribution in [0.5, 0.6) is 11.5 Å². The summed E-state index contributed by atoms with van der Waals surface area (Å²) in [7, 11) is 3.07. The fraction of sp³-hybridized carbons (Fsp3) is 0.300. The predicted molar refractivity (Wildman–Crippen MR) is 109 cm³/mol. The molecule has 28 heavy (non-hydrogen) atoms. The zero-order valence-electron chi connectivity index (χ0n) is 15.5. The highest BCUT2D eigenvalue weighted by Gasteiger charge is 2.35. The average molecular weight is 423 g/mol. The Kier molecular flexibility index (Phi) is 6.31. The van der Waals surface area contributed by atoms with Crippen LogP contribution in [-0.2, 0) is 4.79 Å². The molecule has 1 N–H and O–H groups in total. The van der Waals surface area contributed by atoms with Gasteiger partial charge in [0.2, 0.25) is 5.91 Å². The first-order valence-electron chi connectivity index (χ1n) is 8.73. The molecule has 1 saturated heterocycles. The van der Waals surface area contributed by atoms with Crippen LogP contribution in [0.25, 0.3) is 0 Å². The number of nitrogens with zero attached hydrogens (tertiary/aromatic N) is 1. The number of methoxy groups -OCH3 is 2. The van der Waals surface area contributed by atoms with Crippen molar-refractivity contribution in [2.45, 2.75) is 18.9 Å². The summed E-state index contributed by atoms with van der Waals surface area (Å²) in [5.74, 6) is 0.576. The predicted octanol–water partition coefficient (Wildman–Crippen LogP) is 4.25. The molecule has 1 fully saturated rings. The lowest BCUT2D eigenvalue weighted by atomic mass is 10.1. The number of hydrogen-bond donors (Lipinski definition) is 1. The van der Waals surface area contributed by atoms with Crippen LogP contribution in [0.2, 0.25) is 10.0 Å². The van der Waals surface area contributed by atoms with Gasteiger partial charge in [-0.3, -0.25) is 9.59 Å². The number of benzene rings is 2. The summed E-state index contributed by atoms with van der Waals surface area (Å²) < 4.78 is 10.5. The van der Waals surface area contributed by atoms with Gasteiger partial charge >= 0.3 is 0 Å². The molecule has 0 spiro atoms. The van der Waals surface area contributed by atoms with Crippen molar-refractivity contribution in [3.8, 4) is 11.5 Å². The molecule has 1 atom stereocenters. The Labute approximate surface area is 173 Å². The molecule has 1 unspecified atom stereocenters. The van der Waals surface area contributed by atoms with Crippen LogP contribution >= 0.6 is 23.2 Å². The molecule has 8 heteroatoms. The van der Waals surface area contributed by atoms with Crippen molar-refractivity contribution < 1.29 is 19.1 Å². The van der Waals surface area contributed by atoms with Gasteiger partial charge < -0.3 is 19.7 Å². The number of amides is 2. The number of hydrogen-bond acceptors (Lipinski definition) is 4. The summed E-state index contributed by atoms with van der Waals surface area (Å²) in [4.78, 5) is 27.3. The zero-order valence-corrected chi connectivity index (χ0v) is 17.0. The van der Waals surface area contributed by atoms with Gasteiger partial charge in [0.1, 0.15) is 17.5 Å². The molecule has 0 aromatic heterocycles. The molecule has 1 heterocycles. The maximum absolute atomic E-state index is 12.9. The van der Waals surface area contributed by atoms with Crippen molar-refractivity contribution in [1.82, 2.24) is 4.90 Å². The summed E-state index contributed by atoms with van der Waals surface area (Å²) in [5, 5.41) is 3.53. The second kappa shape index (κ2) is 8.71. The van der Waals surface area contributed by atoms with E-state index in [4.69, 9.17) is 32.7 Å². The van der Waals surface area contributed by atoms with E-state index in [1.165, 1.54) is 13.2 Å². The van der Waals surface area contributed by atoms with Gasteiger partial charge in [-0.25, -0.2) is 0 Å². The smallest absolute Gasteiger partial charge is 0.254 e. The lowest BCUT2D eigenvalue weighted by Gasteiger charge is -2.24. The molecule has 1 aliphatic heterocycles. The Morgan fingerprint density at radius 3 is 2.54 bits per heavy atom. The summed E-state index contributed by atoms with van der Waals surface area (Å²) in [6.45, 7) is 0.497. The van der Waals surface area contributed by atoms with E-state index >= 15 is 0 Å². The number of likely N-dealkylation sites (tertiary alicyclic amines) is 1. The number of carbonyl (C=O) groups excluding carboxylic acids is 2. The van der Waals surface area contributed by atoms with Crippen LogP contribution in [0.4, 0.5) is 5.69 Å².